The van der Waals surface area contributed by atoms with Gasteiger partial charge >= 0.3 is 0 Å². The van der Waals surface area contributed by atoms with Crippen LogP contribution in [0.4, 0.5) is 0 Å². The largest absolute Gasteiger partial charge is 0.316 e. The van der Waals surface area contributed by atoms with E-state index in [1.54, 1.807) is 0 Å². The van der Waals surface area contributed by atoms with Crippen LogP contribution in [0.2, 0.25) is 0 Å². The lowest BCUT2D eigenvalue weighted by Crippen LogP contribution is -2.23. The predicted octanol–water partition coefficient (Wildman–Crippen LogP) is 2.71. The van der Waals surface area contributed by atoms with Gasteiger partial charge in [0.25, 0.3) is 0 Å². The first-order valence-corrected chi connectivity index (χ1v) is 7.05. The Kier molecular flexibility index (Phi) is 3.54. The maximum Gasteiger partial charge on any atom is 0.0527 e. The Hall–Kier alpha value is -0.830. The van der Waals surface area contributed by atoms with Crippen LogP contribution >= 0.6 is 0 Å². The van der Waals surface area contributed by atoms with E-state index in [1.807, 2.05) is 11.7 Å². The molecule has 0 amide bonds. The van der Waals surface area contributed by atoms with Crippen LogP contribution in [0.1, 0.15) is 44.9 Å². The molecular formula is C15H27N3. The molecule has 0 radical (unpaired) electrons. The number of nitrogens with one attached hydrogen (secondary N) is 1. The number of hydrogen-bond donors (Lipinski definition) is 1. The maximum absolute atomic E-state index is 4.38. The van der Waals surface area contributed by atoms with Crippen LogP contribution in [0.5, 0.6) is 0 Å². The molecule has 0 bridgehead atoms. The fourth-order valence-electron chi connectivity index (χ4n) is 3.09. The second-order valence-electron chi connectivity index (χ2n) is 6.77. The molecule has 0 aliphatic heterocycles. The molecule has 1 aliphatic carbocycles. The molecular weight excluding hydrogens is 222 g/mol. The fourth-order valence-corrected chi connectivity index (χ4v) is 3.09. The lowest BCUT2D eigenvalue weighted by atomic mass is 10.0. The van der Waals surface area contributed by atoms with E-state index in [2.05, 4.69) is 51.2 Å². The van der Waals surface area contributed by atoms with Crippen molar-refractivity contribution in [2.45, 2.75) is 40.5 Å². The Labute approximate surface area is 111 Å². The molecule has 2 atom stereocenters. The van der Waals surface area contributed by atoms with Gasteiger partial charge in [0.1, 0.15) is 0 Å². The zero-order chi connectivity index (χ0) is 13.5. The van der Waals surface area contributed by atoms with Crippen molar-refractivity contribution in [3.05, 3.63) is 17.5 Å². The molecule has 1 N–H and O–H groups in total. The van der Waals surface area contributed by atoms with Crippen molar-refractivity contribution in [3.63, 3.8) is 0 Å². The molecule has 1 aliphatic rings. The standard InChI is InChI=1S/C15H27N3/c1-10(2)7-16-9-13-14(15(13,4)5)12-8-17-18(6)11(12)3/h8,10,13-14,16H,7,9H2,1-6H3. The van der Waals surface area contributed by atoms with Gasteiger partial charge in [0.05, 0.1) is 6.20 Å². The van der Waals surface area contributed by atoms with Crippen molar-refractivity contribution >= 4 is 0 Å². The summed E-state index contributed by atoms with van der Waals surface area (Å²) in [6.07, 6.45) is 2.06. The van der Waals surface area contributed by atoms with Gasteiger partial charge in [-0.2, -0.15) is 5.10 Å². The van der Waals surface area contributed by atoms with E-state index in [1.165, 1.54) is 11.3 Å². The van der Waals surface area contributed by atoms with Gasteiger partial charge in [0.15, 0.2) is 0 Å². The molecule has 0 saturated heterocycles. The summed E-state index contributed by atoms with van der Waals surface area (Å²) in [6, 6.07) is 0. The second kappa shape index (κ2) is 4.69. The van der Waals surface area contributed by atoms with Gasteiger partial charge in [-0.15, -0.1) is 0 Å². The molecule has 1 aromatic rings. The summed E-state index contributed by atoms with van der Waals surface area (Å²) >= 11 is 0. The van der Waals surface area contributed by atoms with Crippen molar-refractivity contribution in [2.24, 2.45) is 24.3 Å². The quantitative estimate of drug-likeness (QED) is 0.869. The van der Waals surface area contributed by atoms with Crippen molar-refractivity contribution < 1.29 is 0 Å². The SMILES string of the molecule is Cc1c(C2C(CNCC(C)C)C2(C)C)cnn1C. The van der Waals surface area contributed by atoms with Gasteiger partial charge in [-0.05, 0) is 48.7 Å². The van der Waals surface area contributed by atoms with E-state index in [-0.39, 0.29) is 0 Å². The molecule has 1 fully saturated rings. The van der Waals surface area contributed by atoms with Crippen molar-refractivity contribution in [1.82, 2.24) is 15.1 Å². The Morgan fingerprint density at radius 3 is 2.61 bits per heavy atom. The number of aromatic nitrogens is 2. The smallest absolute Gasteiger partial charge is 0.0527 e. The summed E-state index contributed by atoms with van der Waals surface area (Å²) in [6.45, 7) is 13.7. The van der Waals surface area contributed by atoms with Gasteiger partial charge in [-0.25, -0.2) is 0 Å². The Balaban J connectivity index is 2.00. The summed E-state index contributed by atoms with van der Waals surface area (Å²) in [5.74, 6) is 2.15. The molecule has 102 valence electrons. The van der Waals surface area contributed by atoms with Crippen molar-refractivity contribution in [2.75, 3.05) is 13.1 Å². The minimum atomic E-state index is 0.414. The van der Waals surface area contributed by atoms with Crippen LogP contribution < -0.4 is 5.32 Å². The zero-order valence-electron chi connectivity index (χ0n) is 12.6. The molecule has 18 heavy (non-hydrogen) atoms. The van der Waals surface area contributed by atoms with Crippen LogP contribution in [-0.2, 0) is 7.05 Å². The highest BCUT2D eigenvalue weighted by molar-refractivity contribution is 5.33. The molecule has 0 aromatic carbocycles. The molecule has 3 heteroatoms. The summed E-state index contributed by atoms with van der Waals surface area (Å²) < 4.78 is 1.99. The van der Waals surface area contributed by atoms with E-state index < -0.39 is 0 Å². The second-order valence-corrected chi connectivity index (χ2v) is 6.77. The molecule has 0 spiro atoms. The minimum absolute atomic E-state index is 0.414. The lowest BCUT2D eigenvalue weighted by molar-refractivity contribution is 0.487. The molecule has 1 heterocycles. The topological polar surface area (TPSA) is 29.9 Å². The average molecular weight is 249 g/mol. The number of hydrogen-bond acceptors (Lipinski definition) is 2. The molecule has 2 rings (SSSR count). The van der Waals surface area contributed by atoms with Gasteiger partial charge < -0.3 is 5.32 Å². The van der Waals surface area contributed by atoms with E-state index >= 15 is 0 Å². The average Bonchev–Trinajstić information content (AvgIpc) is 2.63. The predicted molar refractivity (Wildman–Crippen MR) is 75.7 cm³/mol. The Morgan fingerprint density at radius 2 is 2.11 bits per heavy atom. The third-order valence-electron chi connectivity index (χ3n) is 4.58. The van der Waals surface area contributed by atoms with Crippen LogP contribution in [0.25, 0.3) is 0 Å². The number of aryl methyl sites for hydroxylation is 1. The summed E-state index contributed by atoms with van der Waals surface area (Å²) in [4.78, 5) is 0. The molecule has 1 aromatic heterocycles. The molecule has 1 saturated carbocycles. The summed E-state index contributed by atoms with van der Waals surface area (Å²) in [5.41, 5.74) is 3.18. The Bertz CT molecular complexity index is 417. The van der Waals surface area contributed by atoms with Gasteiger partial charge in [0.2, 0.25) is 0 Å². The van der Waals surface area contributed by atoms with E-state index in [4.69, 9.17) is 0 Å². The lowest BCUT2D eigenvalue weighted by Gasteiger charge is -2.07. The van der Waals surface area contributed by atoms with E-state index in [0.717, 1.165) is 24.9 Å². The van der Waals surface area contributed by atoms with Crippen LogP contribution in [-0.4, -0.2) is 22.9 Å². The zero-order valence-corrected chi connectivity index (χ0v) is 12.6. The number of nitrogens with zero attached hydrogens (tertiary/aromatic N) is 2. The normalized spacial score (nSPS) is 25.7. The number of rotatable bonds is 5. The van der Waals surface area contributed by atoms with E-state index in [9.17, 15) is 0 Å². The highest BCUT2D eigenvalue weighted by Crippen LogP contribution is 2.64. The van der Waals surface area contributed by atoms with Crippen LogP contribution in [0.3, 0.4) is 0 Å². The highest BCUT2D eigenvalue weighted by Gasteiger charge is 2.58. The summed E-state index contributed by atoms with van der Waals surface area (Å²) in [5, 5.41) is 7.98. The first-order valence-electron chi connectivity index (χ1n) is 7.05. The third kappa shape index (κ3) is 2.33. The minimum Gasteiger partial charge on any atom is -0.316 e. The highest BCUT2D eigenvalue weighted by atomic mass is 15.3. The van der Waals surface area contributed by atoms with Crippen molar-refractivity contribution in [3.8, 4) is 0 Å². The molecule has 3 nitrogen and oxygen atoms in total. The van der Waals surface area contributed by atoms with Gasteiger partial charge in [-0.1, -0.05) is 27.7 Å². The summed E-state index contributed by atoms with van der Waals surface area (Å²) in [7, 11) is 2.03. The van der Waals surface area contributed by atoms with Crippen LogP contribution in [0, 0.1) is 24.2 Å². The van der Waals surface area contributed by atoms with Crippen LogP contribution in [0.15, 0.2) is 6.20 Å². The van der Waals surface area contributed by atoms with Gasteiger partial charge in [0, 0.05) is 12.7 Å². The first-order chi connectivity index (χ1) is 8.35. The monoisotopic (exact) mass is 249 g/mol. The molecule has 2 unspecified atom stereocenters. The third-order valence-corrected chi connectivity index (χ3v) is 4.58. The fraction of sp³-hybridized carbons (Fsp3) is 0.800. The van der Waals surface area contributed by atoms with Crippen molar-refractivity contribution in [1.29, 1.82) is 0 Å². The first kappa shape index (κ1) is 13.6. The van der Waals surface area contributed by atoms with Gasteiger partial charge in [-0.3, -0.25) is 4.68 Å². The Morgan fingerprint density at radius 1 is 1.44 bits per heavy atom. The maximum atomic E-state index is 4.38. The van der Waals surface area contributed by atoms with E-state index in [0.29, 0.717) is 11.3 Å².